The van der Waals surface area contributed by atoms with Crippen LogP contribution in [0.2, 0.25) is 5.02 Å². The topological polar surface area (TPSA) is 88.2 Å². The maximum atomic E-state index is 6.23. The van der Waals surface area contributed by atoms with Crippen molar-refractivity contribution in [3.63, 3.8) is 0 Å². The molecule has 2 heterocycles. The molecule has 0 saturated heterocycles. The molecule has 0 saturated carbocycles. The molecular formula is C22H20ClN3O4. The molecule has 2 N–H and O–H groups in total. The molecule has 0 aliphatic carbocycles. The van der Waals surface area contributed by atoms with Crippen molar-refractivity contribution in [2.75, 3.05) is 13.2 Å². The van der Waals surface area contributed by atoms with Gasteiger partial charge in [0.1, 0.15) is 32.2 Å². The highest BCUT2D eigenvalue weighted by atomic mass is 35.5. The Balaban J connectivity index is 1.33. The van der Waals surface area contributed by atoms with E-state index >= 15 is 0 Å². The third kappa shape index (κ3) is 4.93. The molecule has 0 amide bonds. The fourth-order valence-electron chi connectivity index (χ4n) is 2.85. The molecule has 0 atom stereocenters. The van der Waals surface area contributed by atoms with Crippen LogP contribution in [0.1, 0.15) is 16.7 Å². The maximum absolute atomic E-state index is 6.23. The van der Waals surface area contributed by atoms with Crippen LogP contribution < -0.4 is 19.9 Å². The summed E-state index contributed by atoms with van der Waals surface area (Å²) in [5.74, 6) is 2.14. The van der Waals surface area contributed by atoms with Gasteiger partial charge in [0.05, 0.1) is 5.02 Å². The van der Waals surface area contributed by atoms with E-state index in [2.05, 4.69) is 10.1 Å². The van der Waals surface area contributed by atoms with Gasteiger partial charge in [-0.15, -0.1) is 0 Å². The average molecular weight is 426 g/mol. The first-order valence-electron chi connectivity index (χ1n) is 9.34. The van der Waals surface area contributed by atoms with Crippen molar-refractivity contribution in [3.8, 4) is 17.2 Å². The van der Waals surface area contributed by atoms with E-state index < -0.39 is 0 Å². The van der Waals surface area contributed by atoms with Crippen molar-refractivity contribution in [2.24, 2.45) is 10.9 Å². The number of amidine groups is 1. The maximum Gasteiger partial charge on any atom is 0.179 e. The minimum atomic E-state index is 0.198. The van der Waals surface area contributed by atoms with E-state index in [1.807, 2.05) is 42.5 Å². The Bertz CT molecular complexity index is 1030. The summed E-state index contributed by atoms with van der Waals surface area (Å²) < 4.78 is 16.8. The predicted molar refractivity (Wildman–Crippen MR) is 113 cm³/mol. The summed E-state index contributed by atoms with van der Waals surface area (Å²) in [6.45, 7) is 1.61. The standard InChI is InChI=1S/C22H20ClN3O4/c23-19-10-16(11-20-21(19)28-9-8-27-20)14-30-26-22(24)17-3-5-18(6-4-17)29-13-15-2-1-7-25-12-15/h1-7,10-12H,8-9,13-14H2,(H2,24,26). The SMILES string of the molecule is N/C(=N/OCc1cc(Cl)c2c(c1)OCCO2)c1ccc(OCc2cccnc2)cc1. The molecule has 2 aromatic carbocycles. The van der Waals surface area contributed by atoms with Gasteiger partial charge in [-0.25, -0.2) is 0 Å². The molecule has 8 heteroatoms. The smallest absolute Gasteiger partial charge is 0.179 e. The van der Waals surface area contributed by atoms with Crippen molar-refractivity contribution in [2.45, 2.75) is 13.2 Å². The molecule has 4 rings (SSSR count). The Morgan fingerprint density at radius 3 is 2.70 bits per heavy atom. The quantitative estimate of drug-likeness (QED) is 0.350. The number of halogens is 1. The summed E-state index contributed by atoms with van der Waals surface area (Å²) in [5, 5.41) is 4.46. The lowest BCUT2D eigenvalue weighted by Gasteiger charge is -2.20. The molecule has 1 aliphatic heterocycles. The molecule has 0 unspecified atom stereocenters. The van der Waals surface area contributed by atoms with Gasteiger partial charge in [0, 0.05) is 23.5 Å². The summed E-state index contributed by atoms with van der Waals surface area (Å²) in [4.78, 5) is 9.45. The first kappa shape index (κ1) is 19.8. The summed E-state index contributed by atoms with van der Waals surface area (Å²) in [5.41, 5.74) is 8.55. The predicted octanol–water partition coefficient (Wildman–Crippen LogP) is 3.92. The van der Waals surface area contributed by atoms with Crippen molar-refractivity contribution in [1.82, 2.24) is 4.98 Å². The van der Waals surface area contributed by atoms with Crippen LogP contribution in [0.5, 0.6) is 17.2 Å². The first-order chi connectivity index (χ1) is 14.7. The zero-order valence-corrected chi connectivity index (χ0v) is 16.8. The zero-order valence-electron chi connectivity index (χ0n) is 16.1. The Hall–Kier alpha value is -3.45. The van der Waals surface area contributed by atoms with Gasteiger partial charge in [-0.1, -0.05) is 22.8 Å². The van der Waals surface area contributed by atoms with Gasteiger partial charge in [-0.05, 0) is 48.0 Å². The fraction of sp³-hybridized carbons (Fsp3) is 0.182. The lowest BCUT2D eigenvalue weighted by molar-refractivity contribution is 0.129. The fourth-order valence-corrected chi connectivity index (χ4v) is 3.14. The summed E-state index contributed by atoms with van der Waals surface area (Å²) in [7, 11) is 0. The Kier molecular flexibility index (Phi) is 6.20. The van der Waals surface area contributed by atoms with Crippen LogP contribution in [0.3, 0.4) is 0 Å². The molecule has 154 valence electrons. The van der Waals surface area contributed by atoms with E-state index in [9.17, 15) is 0 Å². The number of nitrogens with two attached hydrogens (primary N) is 1. The van der Waals surface area contributed by atoms with Crippen LogP contribution in [0.15, 0.2) is 66.1 Å². The largest absolute Gasteiger partial charge is 0.489 e. The molecule has 0 radical (unpaired) electrons. The molecule has 30 heavy (non-hydrogen) atoms. The number of hydrogen-bond acceptors (Lipinski definition) is 6. The molecule has 1 aliphatic rings. The van der Waals surface area contributed by atoms with Crippen LogP contribution in [0.25, 0.3) is 0 Å². The van der Waals surface area contributed by atoms with Gasteiger partial charge in [0.2, 0.25) is 0 Å². The second-order valence-corrected chi connectivity index (χ2v) is 6.93. The first-order valence-corrected chi connectivity index (χ1v) is 9.72. The Morgan fingerprint density at radius 1 is 1.07 bits per heavy atom. The molecule has 0 spiro atoms. The van der Waals surface area contributed by atoms with Gasteiger partial charge in [0.15, 0.2) is 17.3 Å². The van der Waals surface area contributed by atoms with E-state index in [4.69, 9.17) is 36.4 Å². The highest BCUT2D eigenvalue weighted by Crippen LogP contribution is 2.38. The number of rotatable bonds is 7. The Labute approximate surface area is 179 Å². The van der Waals surface area contributed by atoms with Crippen molar-refractivity contribution in [1.29, 1.82) is 0 Å². The number of ether oxygens (including phenoxy) is 3. The minimum absolute atomic E-state index is 0.198. The number of oxime groups is 1. The summed E-state index contributed by atoms with van der Waals surface area (Å²) in [6.07, 6.45) is 3.50. The van der Waals surface area contributed by atoms with Crippen LogP contribution in [0.4, 0.5) is 0 Å². The monoisotopic (exact) mass is 425 g/mol. The molecule has 7 nitrogen and oxygen atoms in total. The van der Waals surface area contributed by atoms with E-state index in [0.29, 0.717) is 36.3 Å². The minimum Gasteiger partial charge on any atom is -0.489 e. The molecule has 0 bridgehead atoms. The van der Waals surface area contributed by atoms with Crippen molar-refractivity contribution < 1.29 is 19.0 Å². The van der Waals surface area contributed by atoms with Crippen LogP contribution in [-0.4, -0.2) is 24.0 Å². The molecule has 0 fully saturated rings. The van der Waals surface area contributed by atoms with Gasteiger partial charge >= 0.3 is 0 Å². The van der Waals surface area contributed by atoms with Gasteiger partial charge in [-0.3, -0.25) is 4.98 Å². The van der Waals surface area contributed by atoms with Crippen LogP contribution in [0, 0.1) is 0 Å². The van der Waals surface area contributed by atoms with E-state index in [1.165, 1.54) is 0 Å². The molecule has 3 aromatic rings. The average Bonchev–Trinajstić information content (AvgIpc) is 2.79. The summed E-state index contributed by atoms with van der Waals surface area (Å²) in [6, 6.07) is 14.7. The van der Waals surface area contributed by atoms with Gasteiger partial charge in [-0.2, -0.15) is 0 Å². The van der Waals surface area contributed by atoms with E-state index in [-0.39, 0.29) is 12.4 Å². The second-order valence-electron chi connectivity index (χ2n) is 6.53. The van der Waals surface area contributed by atoms with Crippen molar-refractivity contribution in [3.05, 3.63) is 82.6 Å². The lowest BCUT2D eigenvalue weighted by atomic mass is 10.2. The van der Waals surface area contributed by atoms with Crippen molar-refractivity contribution >= 4 is 17.4 Å². The number of pyridine rings is 1. The third-order valence-corrected chi connectivity index (χ3v) is 4.61. The highest BCUT2D eigenvalue weighted by molar-refractivity contribution is 6.32. The number of aromatic nitrogens is 1. The third-order valence-electron chi connectivity index (χ3n) is 4.33. The van der Waals surface area contributed by atoms with E-state index in [0.717, 1.165) is 22.4 Å². The normalized spacial score (nSPS) is 13.0. The number of benzene rings is 2. The van der Waals surface area contributed by atoms with Gasteiger partial charge in [0.25, 0.3) is 0 Å². The Morgan fingerprint density at radius 2 is 1.90 bits per heavy atom. The summed E-state index contributed by atoms with van der Waals surface area (Å²) >= 11 is 6.23. The van der Waals surface area contributed by atoms with Gasteiger partial charge < -0.3 is 24.8 Å². The van der Waals surface area contributed by atoms with Crippen LogP contribution in [-0.2, 0) is 18.1 Å². The highest BCUT2D eigenvalue weighted by Gasteiger charge is 2.16. The van der Waals surface area contributed by atoms with E-state index in [1.54, 1.807) is 18.5 Å². The molecular weight excluding hydrogens is 406 g/mol. The second kappa shape index (κ2) is 9.37. The molecule has 1 aromatic heterocycles. The lowest BCUT2D eigenvalue weighted by Crippen LogP contribution is -2.16. The van der Waals surface area contributed by atoms with Crippen LogP contribution >= 0.6 is 11.6 Å². The number of hydrogen-bond donors (Lipinski definition) is 1. The number of nitrogens with zero attached hydrogens (tertiary/aromatic N) is 2. The zero-order chi connectivity index (χ0) is 20.8. The number of fused-ring (bicyclic) bond motifs is 1.